The van der Waals surface area contributed by atoms with Gasteiger partial charge < -0.3 is 15.1 Å². The highest BCUT2D eigenvalue weighted by Gasteiger charge is 2.29. The van der Waals surface area contributed by atoms with Crippen molar-refractivity contribution in [3.63, 3.8) is 0 Å². The minimum atomic E-state index is -0.272. The molecule has 1 aliphatic rings. The molecule has 6 heteroatoms. The monoisotopic (exact) mass is 393 g/mol. The number of carbonyl (C=O) groups excluding carboxylic acids is 3. The van der Waals surface area contributed by atoms with Gasteiger partial charge in [0.1, 0.15) is 0 Å². The van der Waals surface area contributed by atoms with E-state index < -0.39 is 0 Å². The fraction of sp³-hybridized carbons (Fsp3) is 0.348. The first-order valence-corrected chi connectivity index (χ1v) is 9.83. The minimum Gasteiger partial charge on any atom is -0.345 e. The summed E-state index contributed by atoms with van der Waals surface area (Å²) in [7, 11) is 3.38. The summed E-state index contributed by atoms with van der Waals surface area (Å²) in [5, 5.41) is 2.90. The Hall–Kier alpha value is -3.15. The smallest absolute Gasteiger partial charge is 0.253 e. The number of nitrogens with one attached hydrogen (secondary N) is 1. The second kappa shape index (κ2) is 8.90. The van der Waals surface area contributed by atoms with E-state index in [1.165, 1.54) is 4.90 Å². The zero-order valence-corrected chi connectivity index (χ0v) is 17.1. The van der Waals surface area contributed by atoms with E-state index in [4.69, 9.17) is 0 Å². The van der Waals surface area contributed by atoms with E-state index in [2.05, 4.69) is 5.32 Å². The topological polar surface area (TPSA) is 69.7 Å². The Morgan fingerprint density at radius 3 is 2.45 bits per heavy atom. The quantitative estimate of drug-likeness (QED) is 0.867. The maximum Gasteiger partial charge on any atom is 0.253 e. The van der Waals surface area contributed by atoms with Gasteiger partial charge >= 0.3 is 0 Å². The van der Waals surface area contributed by atoms with E-state index >= 15 is 0 Å². The van der Waals surface area contributed by atoms with Gasteiger partial charge in [-0.3, -0.25) is 14.4 Å². The fourth-order valence-corrected chi connectivity index (χ4v) is 3.49. The largest absolute Gasteiger partial charge is 0.345 e. The maximum absolute atomic E-state index is 12.8. The predicted octanol–water partition coefficient (Wildman–Crippen LogP) is 3.19. The number of rotatable bonds is 4. The number of carbonyl (C=O) groups is 3. The van der Waals surface area contributed by atoms with Gasteiger partial charge in [0.15, 0.2) is 0 Å². The van der Waals surface area contributed by atoms with Crippen LogP contribution in [-0.4, -0.2) is 54.7 Å². The number of likely N-dealkylation sites (tertiary alicyclic amines) is 1. The van der Waals surface area contributed by atoms with Crippen LogP contribution in [-0.2, 0) is 4.79 Å². The molecule has 1 aliphatic heterocycles. The van der Waals surface area contributed by atoms with Crippen molar-refractivity contribution in [1.82, 2.24) is 9.80 Å². The third-order valence-corrected chi connectivity index (χ3v) is 5.16. The van der Waals surface area contributed by atoms with Crippen LogP contribution in [0.3, 0.4) is 0 Å². The summed E-state index contributed by atoms with van der Waals surface area (Å²) in [4.78, 5) is 40.9. The van der Waals surface area contributed by atoms with Crippen LogP contribution < -0.4 is 5.32 Å². The summed E-state index contributed by atoms with van der Waals surface area (Å²) in [6, 6.07) is 14.4. The van der Waals surface area contributed by atoms with Gasteiger partial charge in [0.25, 0.3) is 11.8 Å². The molecule has 0 aromatic heterocycles. The number of amides is 3. The average Bonchev–Trinajstić information content (AvgIpc) is 2.73. The van der Waals surface area contributed by atoms with Crippen LogP contribution >= 0.6 is 0 Å². The molecule has 6 nitrogen and oxygen atoms in total. The van der Waals surface area contributed by atoms with Crippen LogP contribution in [0.25, 0.3) is 0 Å². The standard InChI is InChI=1S/C23H27N3O3/c1-16-9-11-17(12-10-16)23(29)26-13-5-7-19(15-26)21(27)24-20-8-4-6-18(14-20)22(28)25(2)3/h4,6,8-12,14,19H,5,7,13,15H2,1-3H3,(H,24,27). The summed E-state index contributed by atoms with van der Waals surface area (Å²) >= 11 is 0. The van der Waals surface area contributed by atoms with E-state index in [9.17, 15) is 14.4 Å². The lowest BCUT2D eigenvalue weighted by atomic mass is 9.96. The molecule has 0 bridgehead atoms. The van der Waals surface area contributed by atoms with Crippen molar-refractivity contribution >= 4 is 23.4 Å². The number of piperidine rings is 1. The number of anilines is 1. The second-order valence-electron chi connectivity index (χ2n) is 7.73. The van der Waals surface area contributed by atoms with Crippen LogP contribution in [0, 0.1) is 12.8 Å². The number of benzene rings is 2. The minimum absolute atomic E-state index is 0.0407. The van der Waals surface area contributed by atoms with Crippen LogP contribution in [0.4, 0.5) is 5.69 Å². The number of hydrogen-bond donors (Lipinski definition) is 1. The molecule has 3 amide bonds. The Morgan fingerprint density at radius 2 is 1.76 bits per heavy atom. The van der Waals surface area contributed by atoms with Gasteiger partial charge in [0, 0.05) is 44.0 Å². The summed E-state index contributed by atoms with van der Waals surface area (Å²) in [5.41, 5.74) is 2.86. The predicted molar refractivity (Wildman–Crippen MR) is 113 cm³/mol. The SMILES string of the molecule is Cc1ccc(C(=O)N2CCCC(C(=O)Nc3cccc(C(=O)N(C)C)c3)C2)cc1. The van der Waals surface area contributed by atoms with Gasteiger partial charge in [-0.15, -0.1) is 0 Å². The van der Waals surface area contributed by atoms with Crippen molar-refractivity contribution in [3.8, 4) is 0 Å². The molecule has 1 atom stereocenters. The van der Waals surface area contributed by atoms with Crippen LogP contribution in [0.1, 0.15) is 39.1 Å². The molecular weight excluding hydrogens is 366 g/mol. The normalized spacial score (nSPS) is 16.2. The number of aryl methyl sites for hydroxylation is 1. The van der Waals surface area contributed by atoms with Crippen LogP contribution in [0.5, 0.6) is 0 Å². The molecule has 1 heterocycles. The lowest BCUT2D eigenvalue weighted by Crippen LogP contribution is -2.43. The first kappa shape index (κ1) is 20.6. The molecule has 0 radical (unpaired) electrons. The van der Waals surface area contributed by atoms with Gasteiger partial charge in [0.2, 0.25) is 5.91 Å². The molecule has 152 valence electrons. The molecular formula is C23H27N3O3. The highest BCUT2D eigenvalue weighted by atomic mass is 16.2. The molecule has 29 heavy (non-hydrogen) atoms. The van der Waals surface area contributed by atoms with E-state index in [1.807, 2.05) is 31.2 Å². The molecule has 3 rings (SSSR count). The van der Waals surface area contributed by atoms with Crippen LogP contribution in [0.2, 0.25) is 0 Å². The van der Waals surface area contributed by atoms with E-state index in [0.717, 1.165) is 18.4 Å². The van der Waals surface area contributed by atoms with Gasteiger partial charge in [-0.1, -0.05) is 23.8 Å². The number of hydrogen-bond acceptors (Lipinski definition) is 3. The van der Waals surface area contributed by atoms with Crippen molar-refractivity contribution in [3.05, 3.63) is 65.2 Å². The average molecular weight is 393 g/mol. The molecule has 1 saturated heterocycles. The summed E-state index contributed by atoms with van der Waals surface area (Å²) in [5.74, 6) is -0.554. The Labute approximate surface area is 171 Å². The molecule has 0 aliphatic carbocycles. The van der Waals surface area contributed by atoms with Gasteiger partial charge in [-0.25, -0.2) is 0 Å². The zero-order chi connectivity index (χ0) is 21.0. The zero-order valence-electron chi connectivity index (χ0n) is 17.1. The lowest BCUT2D eigenvalue weighted by molar-refractivity contribution is -0.121. The number of nitrogens with zero attached hydrogens (tertiary/aromatic N) is 2. The van der Waals surface area contributed by atoms with Crippen molar-refractivity contribution in [1.29, 1.82) is 0 Å². The Bertz CT molecular complexity index is 906. The second-order valence-corrected chi connectivity index (χ2v) is 7.73. The van der Waals surface area contributed by atoms with Gasteiger partial charge in [0.05, 0.1) is 5.92 Å². The Morgan fingerprint density at radius 1 is 1.03 bits per heavy atom. The van der Waals surface area contributed by atoms with E-state index in [-0.39, 0.29) is 23.6 Å². The maximum atomic E-state index is 12.8. The third-order valence-electron chi connectivity index (χ3n) is 5.16. The van der Waals surface area contributed by atoms with E-state index in [1.54, 1.807) is 43.3 Å². The molecule has 1 N–H and O–H groups in total. The van der Waals surface area contributed by atoms with Crippen molar-refractivity contribution in [2.75, 3.05) is 32.5 Å². The molecule has 0 saturated carbocycles. The fourth-order valence-electron chi connectivity index (χ4n) is 3.49. The van der Waals surface area contributed by atoms with E-state index in [0.29, 0.717) is 29.9 Å². The third kappa shape index (κ3) is 5.02. The first-order chi connectivity index (χ1) is 13.8. The summed E-state index contributed by atoms with van der Waals surface area (Å²) in [6.45, 7) is 3.04. The molecule has 2 aromatic rings. The first-order valence-electron chi connectivity index (χ1n) is 9.83. The summed E-state index contributed by atoms with van der Waals surface area (Å²) < 4.78 is 0. The lowest BCUT2D eigenvalue weighted by Gasteiger charge is -2.32. The Balaban J connectivity index is 1.65. The van der Waals surface area contributed by atoms with Crippen molar-refractivity contribution in [2.45, 2.75) is 19.8 Å². The van der Waals surface area contributed by atoms with Crippen molar-refractivity contribution in [2.24, 2.45) is 5.92 Å². The molecule has 1 unspecified atom stereocenters. The van der Waals surface area contributed by atoms with Gasteiger partial charge in [-0.05, 0) is 50.1 Å². The highest BCUT2D eigenvalue weighted by Crippen LogP contribution is 2.21. The van der Waals surface area contributed by atoms with Crippen molar-refractivity contribution < 1.29 is 14.4 Å². The molecule has 1 fully saturated rings. The van der Waals surface area contributed by atoms with Gasteiger partial charge in [-0.2, -0.15) is 0 Å². The molecule has 0 spiro atoms. The van der Waals surface area contributed by atoms with Crippen LogP contribution in [0.15, 0.2) is 48.5 Å². The summed E-state index contributed by atoms with van der Waals surface area (Å²) in [6.07, 6.45) is 1.52. The Kier molecular flexibility index (Phi) is 6.32. The highest BCUT2D eigenvalue weighted by molar-refractivity contribution is 5.98. The molecule has 2 aromatic carbocycles.